The second-order valence-corrected chi connectivity index (χ2v) is 13.5. The Morgan fingerprint density at radius 1 is 1.09 bits per heavy atom. The fraction of sp³-hybridized carbons (Fsp3) is 0.500. The van der Waals surface area contributed by atoms with Gasteiger partial charge in [0.05, 0.1) is 12.6 Å². The first-order chi connectivity index (χ1) is 21.9. The minimum atomic E-state index is -0.841. The summed E-state index contributed by atoms with van der Waals surface area (Å²) in [6, 6.07) is 10.2. The Hall–Kier alpha value is -3.67. The Morgan fingerprint density at radius 2 is 1.96 bits per heavy atom. The quantitative estimate of drug-likeness (QED) is 0.256. The molecule has 1 fully saturated rings. The molecule has 45 heavy (non-hydrogen) atoms. The van der Waals surface area contributed by atoms with Crippen molar-refractivity contribution in [2.75, 3.05) is 6.61 Å². The summed E-state index contributed by atoms with van der Waals surface area (Å²) in [6.07, 6.45) is 16.7. The van der Waals surface area contributed by atoms with Gasteiger partial charge in [-0.2, -0.15) is 5.26 Å². The molecule has 0 saturated carbocycles. The van der Waals surface area contributed by atoms with Crippen LogP contribution < -0.4 is 9.47 Å². The number of hydrogen-bond donors (Lipinski definition) is 0. The summed E-state index contributed by atoms with van der Waals surface area (Å²) in [5.41, 5.74) is 5.51. The minimum absolute atomic E-state index is 0.173. The lowest BCUT2D eigenvalue weighted by Gasteiger charge is -2.31. The molecule has 234 valence electrons. The summed E-state index contributed by atoms with van der Waals surface area (Å²) in [5, 5.41) is 18.6. The molecule has 2 aromatic heterocycles. The molecular formula is C36H40ClN5O3. The fourth-order valence-electron chi connectivity index (χ4n) is 7.32. The fourth-order valence-corrected chi connectivity index (χ4v) is 7.51. The molecule has 4 heterocycles. The number of benzene rings is 1. The molecule has 7 rings (SSSR count). The number of fused-ring (bicyclic) bond motifs is 2. The van der Waals surface area contributed by atoms with E-state index in [0.717, 1.165) is 110 Å². The summed E-state index contributed by atoms with van der Waals surface area (Å²) in [7, 11) is 0. The van der Waals surface area contributed by atoms with Crippen molar-refractivity contribution in [2.24, 2.45) is 5.92 Å². The van der Waals surface area contributed by atoms with Crippen LogP contribution in [0.3, 0.4) is 0 Å². The van der Waals surface area contributed by atoms with E-state index >= 15 is 0 Å². The van der Waals surface area contributed by atoms with Gasteiger partial charge in [-0.3, -0.25) is 0 Å². The molecule has 0 radical (unpaired) electrons. The van der Waals surface area contributed by atoms with Gasteiger partial charge >= 0.3 is 0 Å². The topological polar surface area (TPSA) is 95.1 Å². The summed E-state index contributed by atoms with van der Waals surface area (Å²) in [6.45, 7) is 5.81. The van der Waals surface area contributed by atoms with Gasteiger partial charge in [0.15, 0.2) is 22.8 Å². The molecule has 0 amide bonds. The maximum absolute atomic E-state index is 9.32. The van der Waals surface area contributed by atoms with Gasteiger partial charge in [0, 0.05) is 42.2 Å². The van der Waals surface area contributed by atoms with E-state index < -0.39 is 5.79 Å². The second kappa shape index (κ2) is 12.6. The third-order valence-corrected chi connectivity index (χ3v) is 10.2. The van der Waals surface area contributed by atoms with Gasteiger partial charge in [-0.1, -0.05) is 48.4 Å². The van der Waals surface area contributed by atoms with Crippen molar-refractivity contribution < 1.29 is 14.2 Å². The summed E-state index contributed by atoms with van der Waals surface area (Å²) >= 11 is 6.43. The van der Waals surface area contributed by atoms with Crippen LogP contribution in [-0.4, -0.2) is 38.2 Å². The average Bonchev–Trinajstić information content (AvgIpc) is 3.51. The number of nitriles is 1. The van der Waals surface area contributed by atoms with Crippen LogP contribution in [0, 0.1) is 17.2 Å². The molecule has 2 unspecified atom stereocenters. The van der Waals surface area contributed by atoms with E-state index in [0.29, 0.717) is 18.4 Å². The molecule has 0 spiro atoms. The lowest BCUT2D eigenvalue weighted by atomic mass is 9.85. The SMILES string of the molecule is CC1CCC/C(Cl)=C\C=C1[C@@]1(C)Oc2cccc(C3CC/C=C(\Cc4nc5cc(C#N)nnc5n4C[C@@H]4CCO4)CCC3)c2O1. The first-order valence-electron chi connectivity index (χ1n) is 16.4. The lowest BCUT2D eigenvalue weighted by molar-refractivity contribution is -0.0590. The molecule has 2 aliphatic heterocycles. The van der Waals surface area contributed by atoms with Crippen LogP contribution in [0.15, 0.2) is 58.7 Å². The standard InChI is InChI=1S/C36H40ClN5O3/c1-23-7-3-12-26(37)15-16-30(23)36(2)44-32-14-6-13-29(34(32)45-36)25-10-4-8-24(9-5-11-25)19-33-39-31-20-27(21-38)40-41-35(31)42(33)22-28-17-18-43-28/h6,8,13-16,20,23,25,28H,3-5,7,9-12,17-19,22H2,1-2H3/b24-8-,26-15+,30-16?/t23?,25?,28-,36-/m0/s1. The number of hydrogen-bond acceptors (Lipinski definition) is 7. The molecule has 1 aromatic carbocycles. The highest BCUT2D eigenvalue weighted by Crippen LogP contribution is 2.50. The normalized spacial score (nSPS) is 29.1. The van der Waals surface area contributed by atoms with E-state index in [1.54, 1.807) is 6.07 Å². The Balaban J connectivity index is 1.08. The molecule has 0 bridgehead atoms. The highest BCUT2D eigenvalue weighted by atomic mass is 35.5. The Kier molecular flexibility index (Phi) is 8.41. The number of nitrogens with zero attached hydrogens (tertiary/aromatic N) is 5. The monoisotopic (exact) mass is 625 g/mol. The second-order valence-electron chi connectivity index (χ2n) is 13.0. The Bertz CT molecular complexity index is 1730. The lowest BCUT2D eigenvalue weighted by Crippen LogP contribution is -2.39. The highest BCUT2D eigenvalue weighted by Gasteiger charge is 2.44. The molecule has 4 aliphatic rings. The van der Waals surface area contributed by atoms with Crippen molar-refractivity contribution in [1.29, 1.82) is 5.26 Å². The van der Waals surface area contributed by atoms with Gasteiger partial charge in [0.2, 0.25) is 0 Å². The van der Waals surface area contributed by atoms with Gasteiger partial charge in [-0.25, -0.2) is 4.98 Å². The predicted molar refractivity (Wildman–Crippen MR) is 173 cm³/mol. The van der Waals surface area contributed by atoms with Crippen LogP contribution in [0.25, 0.3) is 11.2 Å². The highest BCUT2D eigenvalue weighted by molar-refractivity contribution is 6.29. The third-order valence-electron chi connectivity index (χ3n) is 9.85. The number of allylic oxidation sites excluding steroid dienone is 5. The molecule has 3 aromatic rings. The van der Waals surface area contributed by atoms with E-state index in [2.05, 4.69) is 52.0 Å². The van der Waals surface area contributed by atoms with Crippen molar-refractivity contribution in [2.45, 2.75) is 102 Å². The molecule has 9 heteroatoms. The smallest absolute Gasteiger partial charge is 0.272 e. The van der Waals surface area contributed by atoms with Crippen molar-refractivity contribution in [3.05, 3.63) is 75.8 Å². The van der Waals surface area contributed by atoms with Crippen LogP contribution in [0.2, 0.25) is 0 Å². The van der Waals surface area contributed by atoms with Gasteiger partial charge in [0.1, 0.15) is 17.4 Å². The predicted octanol–water partition coefficient (Wildman–Crippen LogP) is 8.06. The molecular weight excluding hydrogens is 586 g/mol. The van der Waals surface area contributed by atoms with Crippen molar-refractivity contribution in [3.8, 4) is 17.6 Å². The zero-order valence-corrected chi connectivity index (χ0v) is 26.9. The third kappa shape index (κ3) is 6.13. The zero-order chi connectivity index (χ0) is 31.0. The molecule has 2 aliphatic carbocycles. The minimum Gasteiger partial charge on any atom is -0.445 e. The van der Waals surface area contributed by atoms with Crippen molar-refractivity contribution in [3.63, 3.8) is 0 Å². The zero-order valence-electron chi connectivity index (χ0n) is 26.1. The number of rotatable bonds is 6. The summed E-state index contributed by atoms with van der Waals surface area (Å²) < 4.78 is 21.2. The summed E-state index contributed by atoms with van der Waals surface area (Å²) in [5.74, 6) is 2.58. The van der Waals surface area contributed by atoms with E-state index in [1.807, 2.05) is 19.1 Å². The number of ether oxygens (including phenoxy) is 3. The summed E-state index contributed by atoms with van der Waals surface area (Å²) in [4.78, 5) is 4.92. The van der Waals surface area contributed by atoms with Gasteiger partial charge in [-0.15, -0.1) is 10.2 Å². The number of halogens is 1. The van der Waals surface area contributed by atoms with E-state index in [4.69, 9.17) is 30.8 Å². The first-order valence-corrected chi connectivity index (χ1v) is 16.8. The van der Waals surface area contributed by atoms with E-state index in [9.17, 15) is 5.26 Å². The largest absolute Gasteiger partial charge is 0.445 e. The van der Waals surface area contributed by atoms with Crippen LogP contribution in [-0.2, 0) is 17.7 Å². The average molecular weight is 626 g/mol. The molecule has 4 atom stereocenters. The maximum atomic E-state index is 9.32. The first kappa shape index (κ1) is 30.0. The van der Waals surface area contributed by atoms with Crippen molar-refractivity contribution >= 4 is 22.8 Å². The van der Waals surface area contributed by atoms with Gasteiger partial charge < -0.3 is 18.8 Å². The number of aromatic nitrogens is 4. The van der Waals surface area contributed by atoms with Crippen LogP contribution in [0.1, 0.15) is 94.6 Å². The van der Waals surface area contributed by atoms with Gasteiger partial charge in [0.25, 0.3) is 5.79 Å². The van der Waals surface area contributed by atoms with E-state index in [1.165, 1.54) is 11.1 Å². The van der Waals surface area contributed by atoms with Crippen LogP contribution >= 0.6 is 11.6 Å². The molecule has 8 nitrogen and oxygen atoms in total. The van der Waals surface area contributed by atoms with Gasteiger partial charge in [-0.05, 0) is 81.8 Å². The Morgan fingerprint density at radius 3 is 2.78 bits per heavy atom. The Labute approximate surface area is 269 Å². The maximum Gasteiger partial charge on any atom is 0.272 e. The van der Waals surface area contributed by atoms with Crippen LogP contribution in [0.5, 0.6) is 11.5 Å². The number of para-hydroxylation sites is 1. The van der Waals surface area contributed by atoms with Crippen LogP contribution in [0.4, 0.5) is 0 Å². The van der Waals surface area contributed by atoms with Crippen molar-refractivity contribution in [1.82, 2.24) is 19.7 Å². The molecule has 0 N–H and O–H groups in total. The van der Waals surface area contributed by atoms with E-state index in [-0.39, 0.29) is 11.8 Å². The molecule has 1 saturated heterocycles. The number of imidazole rings is 1.